The van der Waals surface area contributed by atoms with E-state index in [4.69, 9.17) is 16.3 Å². The van der Waals surface area contributed by atoms with Crippen molar-refractivity contribution in [2.24, 2.45) is 34.4 Å². The molecule has 3 unspecified atom stereocenters. The first-order valence-corrected chi connectivity index (χ1v) is 9.25. The molecule has 0 aromatic carbocycles. The SMILES string of the molecule is C=C(C/C(N)=N/N)N[C@H]1CCC2CNC(C(=O)OCC(C)C)CC2C1. The first-order chi connectivity index (χ1) is 11.9. The Balaban J connectivity index is 1.83. The van der Waals surface area contributed by atoms with Gasteiger partial charge in [0, 0.05) is 18.2 Å². The average molecular weight is 351 g/mol. The molecular weight excluding hydrogens is 318 g/mol. The van der Waals surface area contributed by atoms with Gasteiger partial charge in [-0.15, -0.1) is 0 Å². The first kappa shape index (κ1) is 19.6. The van der Waals surface area contributed by atoms with Gasteiger partial charge in [0.15, 0.2) is 0 Å². The molecule has 7 nitrogen and oxygen atoms in total. The van der Waals surface area contributed by atoms with Gasteiger partial charge in [-0.1, -0.05) is 20.4 Å². The molecule has 7 heteroatoms. The van der Waals surface area contributed by atoms with E-state index in [-0.39, 0.29) is 12.0 Å². The fraction of sp³-hybridized carbons (Fsp3) is 0.778. The predicted octanol–water partition coefficient (Wildman–Crippen LogP) is 1.06. The second-order valence-electron chi connectivity index (χ2n) is 7.80. The molecule has 1 aliphatic heterocycles. The highest BCUT2D eigenvalue weighted by Crippen LogP contribution is 2.36. The van der Waals surface area contributed by atoms with Gasteiger partial charge in [-0.05, 0) is 50.0 Å². The zero-order valence-corrected chi connectivity index (χ0v) is 15.5. The summed E-state index contributed by atoms with van der Waals surface area (Å²) in [7, 11) is 0. The summed E-state index contributed by atoms with van der Waals surface area (Å²) in [6.07, 6.45) is 4.60. The molecule has 0 aromatic rings. The van der Waals surface area contributed by atoms with Gasteiger partial charge in [-0.3, -0.25) is 4.79 Å². The smallest absolute Gasteiger partial charge is 0.323 e. The minimum absolute atomic E-state index is 0.112. The van der Waals surface area contributed by atoms with Crippen molar-refractivity contribution < 1.29 is 9.53 Å². The number of hydrazone groups is 1. The van der Waals surface area contributed by atoms with Gasteiger partial charge in [-0.25, -0.2) is 0 Å². The number of amidine groups is 1. The molecule has 0 spiro atoms. The Kier molecular flexibility index (Phi) is 7.11. The number of nitrogens with one attached hydrogen (secondary N) is 2. The van der Waals surface area contributed by atoms with Gasteiger partial charge in [0.05, 0.1) is 6.61 Å². The molecule has 4 atom stereocenters. The van der Waals surface area contributed by atoms with Crippen molar-refractivity contribution in [3.8, 4) is 0 Å². The molecule has 1 aliphatic carbocycles. The number of nitrogens with two attached hydrogens (primary N) is 2. The molecule has 0 amide bonds. The molecule has 6 N–H and O–H groups in total. The molecule has 1 saturated heterocycles. The van der Waals surface area contributed by atoms with Crippen LogP contribution in [0.25, 0.3) is 0 Å². The van der Waals surface area contributed by atoms with Gasteiger partial charge in [-0.2, -0.15) is 5.10 Å². The number of piperidine rings is 1. The Hall–Kier alpha value is -1.76. The fourth-order valence-corrected chi connectivity index (χ4v) is 3.83. The van der Waals surface area contributed by atoms with E-state index in [1.807, 2.05) is 13.8 Å². The molecule has 2 rings (SSSR count). The molecule has 25 heavy (non-hydrogen) atoms. The number of ether oxygens (including phenoxy) is 1. The fourth-order valence-electron chi connectivity index (χ4n) is 3.83. The highest BCUT2D eigenvalue weighted by Gasteiger charge is 2.38. The van der Waals surface area contributed by atoms with Gasteiger partial charge in [0.1, 0.15) is 11.9 Å². The van der Waals surface area contributed by atoms with Crippen LogP contribution in [0.1, 0.15) is 46.0 Å². The maximum atomic E-state index is 12.2. The largest absolute Gasteiger partial charge is 0.464 e. The lowest BCUT2D eigenvalue weighted by Gasteiger charge is -2.42. The number of esters is 1. The quantitative estimate of drug-likeness (QED) is 0.179. The summed E-state index contributed by atoms with van der Waals surface area (Å²) in [5.41, 5.74) is 6.50. The van der Waals surface area contributed by atoms with Crippen molar-refractivity contribution >= 4 is 11.8 Å². The zero-order chi connectivity index (χ0) is 18.4. The average Bonchev–Trinajstić information content (AvgIpc) is 2.58. The summed E-state index contributed by atoms with van der Waals surface area (Å²) < 4.78 is 5.40. The number of carbonyl (C=O) groups excluding carboxylic acids is 1. The molecule has 1 saturated carbocycles. The number of carbonyl (C=O) groups is 1. The Labute approximate surface area is 150 Å². The number of rotatable bonds is 7. The Morgan fingerprint density at radius 1 is 1.36 bits per heavy atom. The minimum atomic E-state index is -0.179. The van der Waals surface area contributed by atoms with Crippen LogP contribution in [-0.2, 0) is 9.53 Å². The predicted molar refractivity (Wildman–Crippen MR) is 99.5 cm³/mol. The summed E-state index contributed by atoms with van der Waals surface area (Å²) in [6.45, 7) is 9.48. The van der Waals surface area contributed by atoms with Gasteiger partial charge < -0.3 is 26.9 Å². The van der Waals surface area contributed by atoms with Crippen molar-refractivity contribution in [1.82, 2.24) is 10.6 Å². The van der Waals surface area contributed by atoms with Crippen molar-refractivity contribution in [2.75, 3.05) is 13.2 Å². The van der Waals surface area contributed by atoms with Crippen LogP contribution in [0.4, 0.5) is 0 Å². The van der Waals surface area contributed by atoms with E-state index in [0.717, 1.165) is 37.9 Å². The molecule has 1 heterocycles. The lowest BCUT2D eigenvalue weighted by molar-refractivity contribution is -0.149. The summed E-state index contributed by atoms with van der Waals surface area (Å²) >= 11 is 0. The standard InChI is InChI=1S/C18H33N5O2/c1-11(2)10-25-18(24)16-8-14-7-15(5-4-13(14)9-21-16)22-12(3)6-17(19)23-20/h11,13-16,21-22H,3-10,20H2,1-2H3,(H2,19,23)/t13?,14?,15-,16?/m0/s1. The van der Waals surface area contributed by atoms with Crippen molar-refractivity contribution in [3.05, 3.63) is 12.3 Å². The van der Waals surface area contributed by atoms with Crippen LogP contribution in [0.3, 0.4) is 0 Å². The van der Waals surface area contributed by atoms with Crippen LogP contribution in [0.15, 0.2) is 17.4 Å². The third-order valence-corrected chi connectivity index (χ3v) is 5.12. The highest BCUT2D eigenvalue weighted by molar-refractivity contribution is 5.82. The van der Waals surface area contributed by atoms with Crippen LogP contribution < -0.4 is 22.2 Å². The molecular formula is C18H33N5O2. The highest BCUT2D eigenvalue weighted by atomic mass is 16.5. The first-order valence-electron chi connectivity index (χ1n) is 9.25. The van der Waals surface area contributed by atoms with Crippen LogP contribution in [0.2, 0.25) is 0 Å². The van der Waals surface area contributed by atoms with E-state index in [9.17, 15) is 4.79 Å². The topological polar surface area (TPSA) is 115 Å². The van der Waals surface area contributed by atoms with E-state index in [1.54, 1.807) is 0 Å². The van der Waals surface area contributed by atoms with Crippen molar-refractivity contribution in [3.63, 3.8) is 0 Å². The van der Waals surface area contributed by atoms with E-state index in [0.29, 0.717) is 42.7 Å². The van der Waals surface area contributed by atoms with Crippen LogP contribution >= 0.6 is 0 Å². The van der Waals surface area contributed by atoms with E-state index in [2.05, 4.69) is 22.3 Å². The number of fused-ring (bicyclic) bond motifs is 1. The zero-order valence-electron chi connectivity index (χ0n) is 15.5. The molecule has 2 fully saturated rings. The lowest BCUT2D eigenvalue weighted by atomic mass is 9.72. The molecule has 0 radical (unpaired) electrons. The summed E-state index contributed by atoms with van der Waals surface area (Å²) in [6, 6.07) is 0.187. The number of hydrogen-bond acceptors (Lipinski definition) is 6. The lowest BCUT2D eigenvalue weighted by Crippen LogP contribution is -2.52. The molecule has 2 aliphatic rings. The van der Waals surface area contributed by atoms with E-state index < -0.39 is 0 Å². The Bertz CT molecular complexity index is 506. The van der Waals surface area contributed by atoms with Crippen LogP contribution in [0, 0.1) is 17.8 Å². The summed E-state index contributed by atoms with van der Waals surface area (Å²) in [5, 5.41) is 10.3. The maximum absolute atomic E-state index is 12.2. The Morgan fingerprint density at radius 3 is 2.80 bits per heavy atom. The van der Waals surface area contributed by atoms with Crippen LogP contribution in [0.5, 0.6) is 0 Å². The van der Waals surface area contributed by atoms with Crippen molar-refractivity contribution in [2.45, 2.75) is 58.0 Å². The monoisotopic (exact) mass is 351 g/mol. The molecule has 0 bridgehead atoms. The second-order valence-corrected chi connectivity index (χ2v) is 7.80. The maximum Gasteiger partial charge on any atom is 0.323 e. The minimum Gasteiger partial charge on any atom is -0.464 e. The number of nitrogens with zero attached hydrogens (tertiary/aromatic N) is 1. The second kappa shape index (κ2) is 9.08. The van der Waals surface area contributed by atoms with Crippen molar-refractivity contribution in [1.29, 1.82) is 0 Å². The van der Waals surface area contributed by atoms with Gasteiger partial charge in [0.25, 0.3) is 0 Å². The van der Waals surface area contributed by atoms with Gasteiger partial charge in [0.2, 0.25) is 0 Å². The van der Waals surface area contributed by atoms with E-state index in [1.165, 1.54) is 0 Å². The van der Waals surface area contributed by atoms with E-state index >= 15 is 0 Å². The van der Waals surface area contributed by atoms with Gasteiger partial charge >= 0.3 is 5.97 Å². The normalized spacial score (nSPS) is 29.8. The Morgan fingerprint density at radius 2 is 2.12 bits per heavy atom. The number of hydrogen-bond donors (Lipinski definition) is 4. The van der Waals surface area contributed by atoms with Crippen LogP contribution in [-0.4, -0.2) is 37.0 Å². The summed E-state index contributed by atoms with van der Waals surface area (Å²) in [5.74, 6) is 6.96. The summed E-state index contributed by atoms with van der Waals surface area (Å²) in [4.78, 5) is 12.2. The third kappa shape index (κ3) is 5.92. The third-order valence-electron chi connectivity index (χ3n) is 5.12. The molecule has 142 valence electrons. The molecule has 0 aromatic heterocycles.